The Kier molecular flexibility index (Phi) is 6.15. The van der Waals surface area contributed by atoms with Gasteiger partial charge in [0.15, 0.2) is 6.61 Å². The Morgan fingerprint density at radius 3 is 2.88 bits per heavy atom. The van der Waals surface area contributed by atoms with E-state index in [1.165, 1.54) is 23.1 Å². The second-order valence-corrected chi connectivity index (χ2v) is 5.56. The molecule has 0 aliphatic carbocycles. The Bertz CT molecular complexity index is 699. The van der Waals surface area contributed by atoms with Crippen LogP contribution in [0, 0.1) is 11.3 Å². The first-order valence-electron chi connectivity index (χ1n) is 7.43. The molecule has 1 N–H and O–H groups in total. The molecule has 126 valence electrons. The lowest BCUT2D eigenvalue weighted by molar-refractivity contribution is -0.124. The Hall–Kier alpha value is -2.59. The predicted octanol–water partition coefficient (Wildman–Crippen LogP) is 1.65. The second-order valence-electron chi connectivity index (χ2n) is 5.15. The van der Waals surface area contributed by atoms with Gasteiger partial charge in [0.25, 0.3) is 5.91 Å². The fourth-order valence-corrected chi connectivity index (χ4v) is 2.49. The smallest absolute Gasteiger partial charge is 0.338 e. The summed E-state index contributed by atoms with van der Waals surface area (Å²) in [5.41, 5.74) is 0.672. The monoisotopic (exact) mass is 349 g/mol. The van der Waals surface area contributed by atoms with Gasteiger partial charge in [-0.15, -0.1) is 0 Å². The van der Waals surface area contributed by atoms with Crippen LogP contribution in [0.5, 0.6) is 0 Å². The molecule has 1 saturated heterocycles. The second kappa shape index (κ2) is 8.31. The van der Waals surface area contributed by atoms with Gasteiger partial charge in [0.2, 0.25) is 5.91 Å². The number of amides is 2. The molecule has 1 heterocycles. The summed E-state index contributed by atoms with van der Waals surface area (Å²) in [6.07, 6.45) is 1.38. The minimum atomic E-state index is -0.685. The van der Waals surface area contributed by atoms with E-state index in [1.807, 2.05) is 6.07 Å². The first kappa shape index (κ1) is 17.8. The number of ether oxygens (including phenoxy) is 1. The highest BCUT2D eigenvalue weighted by Gasteiger charge is 2.24. The van der Waals surface area contributed by atoms with Crippen molar-refractivity contribution in [3.8, 4) is 6.07 Å². The van der Waals surface area contributed by atoms with E-state index in [2.05, 4.69) is 5.32 Å². The van der Waals surface area contributed by atoms with Crippen molar-refractivity contribution in [2.24, 2.45) is 0 Å². The summed E-state index contributed by atoms with van der Waals surface area (Å²) in [6, 6.07) is 6.37. The molecular weight excluding hydrogens is 334 g/mol. The number of rotatable bonds is 6. The Morgan fingerprint density at radius 1 is 1.42 bits per heavy atom. The van der Waals surface area contributed by atoms with Gasteiger partial charge in [0.1, 0.15) is 0 Å². The number of nitriles is 1. The molecule has 0 unspecified atom stereocenters. The number of halogens is 1. The van der Waals surface area contributed by atoms with Crippen LogP contribution >= 0.6 is 11.6 Å². The highest BCUT2D eigenvalue weighted by atomic mass is 35.5. The molecule has 0 atom stereocenters. The number of nitrogens with one attached hydrogen (secondary N) is 1. The van der Waals surface area contributed by atoms with Crippen LogP contribution in [0.25, 0.3) is 0 Å². The number of anilines is 1. The number of benzene rings is 1. The van der Waals surface area contributed by atoms with E-state index in [1.54, 1.807) is 0 Å². The van der Waals surface area contributed by atoms with E-state index in [4.69, 9.17) is 21.6 Å². The molecule has 7 nitrogen and oxygen atoms in total. The maximum Gasteiger partial charge on any atom is 0.338 e. The van der Waals surface area contributed by atoms with Crippen LogP contribution in [0.2, 0.25) is 5.02 Å². The molecule has 0 aromatic heterocycles. The van der Waals surface area contributed by atoms with Crippen molar-refractivity contribution >= 4 is 35.1 Å². The van der Waals surface area contributed by atoms with Crippen LogP contribution in [0.3, 0.4) is 0 Å². The van der Waals surface area contributed by atoms with Gasteiger partial charge in [-0.1, -0.05) is 11.6 Å². The molecule has 0 radical (unpaired) electrons. The summed E-state index contributed by atoms with van der Waals surface area (Å²) >= 11 is 6.11. The molecule has 2 amide bonds. The number of nitrogens with zero attached hydrogens (tertiary/aromatic N) is 2. The van der Waals surface area contributed by atoms with Crippen molar-refractivity contribution in [3.05, 3.63) is 28.8 Å². The lowest BCUT2D eigenvalue weighted by Gasteiger charge is -2.18. The van der Waals surface area contributed by atoms with E-state index < -0.39 is 18.5 Å². The number of hydrogen-bond donors (Lipinski definition) is 1. The Balaban J connectivity index is 1.99. The van der Waals surface area contributed by atoms with Crippen molar-refractivity contribution in [1.29, 1.82) is 5.26 Å². The topological polar surface area (TPSA) is 99.5 Å². The predicted molar refractivity (Wildman–Crippen MR) is 86.6 cm³/mol. The summed E-state index contributed by atoms with van der Waals surface area (Å²) < 4.78 is 4.92. The quantitative estimate of drug-likeness (QED) is 0.622. The average Bonchev–Trinajstić information content (AvgIpc) is 2.99. The van der Waals surface area contributed by atoms with Gasteiger partial charge in [0, 0.05) is 19.5 Å². The molecule has 1 aromatic rings. The van der Waals surface area contributed by atoms with Crippen LogP contribution in [-0.4, -0.2) is 37.5 Å². The molecule has 0 bridgehead atoms. The number of hydrogen-bond acceptors (Lipinski definition) is 5. The van der Waals surface area contributed by atoms with E-state index in [0.717, 1.165) is 6.42 Å². The summed E-state index contributed by atoms with van der Waals surface area (Å²) in [7, 11) is 0. The standard InChI is InChI=1S/C16H16ClN3O4/c17-12-5-4-11(9-13(12)20-8-1-3-15(20)22)16(23)24-10-14(21)19-7-2-6-18/h4-5,9H,1-3,7-8,10H2,(H,19,21). The van der Waals surface area contributed by atoms with Crippen LogP contribution in [-0.2, 0) is 14.3 Å². The first-order valence-corrected chi connectivity index (χ1v) is 7.81. The molecule has 8 heteroatoms. The zero-order valence-electron chi connectivity index (χ0n) is 12.9. The van der Waals surface area contributed by atoms with Gasteiger partial charge >= 0.3 is 5.97 Å². The molecule has 1 aromatic carbocycles. The molecule has 24 heavy (non-hydrogen) atoms. The fourth-order valence-electron chi connectivity index (χ4n) is 2.27. The molecule has 0 saturated carbocycles. The third-order valence-electron chi connectivity index (χ3n) is 3.44. The van der Waals surface area contributed by atoms with E-state index in [0.29, 0.717) is 23.7 Å². The summed E-state index contributed by atoms with van der Waals surface area (Å²) in [4.78, 5) is 36.9. The fraction of sp³-hybridized carbons (Fsp3) is 0.375. The third-order valence-corrected chi connectivity index (χ3v) is 3.76. The molecular formula is C16H16ClN3O4. The Morgan fingerprint density at radius 2 is 2.21 bits per heavy atom. The van der Waals surface area contributed by atoms with Gasteiger partial charge < -0.3 is 15.0 Å². The highest BCUT2D eigenvalue weighted by Crippen LogP contribution is 2.30. The maximum atomic E-state index is 12.0. The largest absolute Gasteiger partial charge is 0.452 e. The lowest BCUT2D eigenvalue weighted by atomic mass is 10.2. The summed E-state index contributed by atoms with van der Waals surface area (Å²) in [5, 5.41) is 11.2. The third kappa shape index (κ3) is 4.46. The van der Waals surface area contributed by atoms with Gasteiger partial charge in [0.05, 0.1) is 28.8 Å². The number of carbonyl (C=O) groups is 3. The molecule has 1 aliphatic heterocycles. The normalized spacial score (nSPS) is 13.5. The van der Waals surface area contributed by atoms with Gasteiger partial charge in [-0.3, -0.25) is 9.59 Å². The zero-order valence-corrected chi connectivity index (χ0v) is 13.6. The van der Waals surface area contributed by atoms with Crippen molar-refractivity contribution in [2.75, 3.05) is 24.6 Å². The van der Waals surface area contributed by atoms with Gasteiger partial charge in [-0.2, -0.15) is 5.26 Å². The van der Waals surface area contributed by atoms with E-state index in [9.17, 15) is 14.4 Å². The van der Waals surface area contributed by atoms with Gasteiger partial charge in [-0.05, 0) is 24.6 Å². The summed E-state index contributed by atoms with van der Waals surface area (Å²) in [5.74, 6) is -1.21. The minimum Gasteiger partial charge on any atom is -0.452 e. The van der Waals surface area contributed by atoms with Crippen molar-refractivity contribution < 1.29 is 19.1 Å². The molecule has 1 fully saturated rings. The molecule has 0 spiro atoms. The maximum absolute atomic E-state index is 12.0. The van der Waals surface area contributed by atoms with Crippen LogP contribution < -0.4 is 10.2 Å². The average molecular weight is 350 g/mol. The van der Waals surface area contributed by atoms with Gasteiger partial charge in [-0.25, -0.2) is 4.79 Å². The SMILES string of the molecule is N#CCCNC(=O)COC(=O)c1ccc(Cl)c(N2CCCC2=O)c1. The Labute approximate surface area is 144 Å². The summed E-state index contributed by atoms with van der Waals surface area (Å²) in [6.45, 7) is 0.318. The number of esters is 1. The van der Waals surface area contributed by atoms with E-state index in [-0.39, 0.29) is 24.4 Å². The van der Waals surface area contributed by atoms with Crippen LogP contribution in [0.4, 0.5) is 5.69 Å². The highest BCUT2D eigenvalue weighted by molar-refractivity contribution is 6.34. The first-order chi connectivity index (χ1) is 11.5. The number of carbonyl (C=O) groups excluding carboxylic acids is 3. The lowest BCUT2D eigenvalue weighted by Crippen LogP contribution is -2.29. The van der Waals surface area contributed by atoms with Crippen molar-refractivity contribution in [2.45, 2.75) is 19.3 Å². The molecule has 2 rings (SSSR count). The van der Waals surface area contributed by atoms with Crippen molar-refractivity contribution in [3.63, 3.8) is 0 Å². The van der Waals surface area contributed by atoms with E-state index >= 15 is 0 Å². The minimum absolute atomic E-state index is 0.0423. The molecule has 1 aliphatic rings. The van der Waals surface area contributed by atoms with Crippen LogP contribution in [0.1, 0.15) is 29.6 Å². The van der Waals surface area contributed by atoms with Crippen LogP contribution in [0.15, 0.2) is 18.2 Å². The zero-order chi connectivity index (χ0) is 17.5. The van der Waals surface area contributed by atoms with Crippen molar-refractivity contribution in [1.82, 2.24) is 5.32 Å².